The molecule has 1 aliphatic rings. The standard InChI is InChI=1S/C8H16O3/c1-4-3-6(9)5(2)8(11)7(4)10/h4-11H,3H2,1-2H3/t4-,5+,6?,7?,8?/m1/s1. The van der Waals surface area contributed by atoms with Gasteiger partial charge in [0.15, 0.2) is 0 Å². The van der Waals surface area contributed by atoms with Crippen LogP contribution < -0.4 is 0 Å². The Balaban J connectivity index is 2.63. The first kappa shape index (κ1) is 8.97. The van der Waals surface area contributed by atoms with E-state index in [9.17, 15) is 15.3 Å². The minimum Gasteiger partial charge on any atom is -0.393 e. The predicted octanol–water partition coefficient (Wildman–Crippen LogP) is -0.255. The molecule has 5 atom stereocenters. The molecule has 0 aromatic rings. The fourth-order valence-electron chi connectivity index (χ4n) is 1.61. The Bertz CT molecular complexity index is 123. The predicted molar refractivity (Wildman–Crippen MR) is 41.0 cm³/mol. The smallest absolute Gasteiger partial charge is 0.0851 e. The van der Waals surface area contributed by atoms with E-state index in [2.05, 4.69) is 0 Å². The average Bonchev–Trinajstić information content (AvgIpc) is 1.97. The van der Waals surface area contributed by atoms with E-state index in [-0.39, 0.29) is 11.8 Å². The van der Waals surface area contributed by atoms with Crippen molar-refractivity contribution in [1.29, 1.82) is 0 Å². The summed E-state index contributed by atoms with van der Waals surface area (Å²) in [7, 11) is 0. The van der Waals surface area contributed by atoms with Gasteiger partial charge in [0.25, 0.3) is 0 Å². The van der Waals surface area contributed by atoms with Crippen molar-refractivity contribution in [1.82, 2.24) is 0 Å². The van der Waals surface area contributed by atoms with E-state index in [1.165, 1.54) is 0 Å². The van der Waals surface area contributed by atoms with Gasteiger partial charge in [0.2, 0.25) is 0 Å². The van der Waals surface area contributed by atoms with Crippen LogP contribution in [0.1, 0.15) is 20.3 Å². The minimum atomic E-state index is -0.770. The van der Waals surface area contributed by atoms with Gasteiger partial charge >= 0.3 is 0 Å². The summed E-state index contributed by atoms with van der Waals surface area (Å²) in [5.74, 6) is -0.211. The van der Waals surface area contributed by atoms with Crippen LogP contribution in [0.3, 0.4) is 0 Å². The summed E-state index contributed by atoms with van der Waals surface area (Å²) in [6, 6.07) is 0. The molecule has 11 heavy (non-hydrogen) atoms. The summed E-state index contributed by atoms with van der Waals surface area (Å²) in [4.78, 5) is 0. The number of hydrogen-bond acceptors (Lipinski definition) is 3. The highest BCUT2D eigenvalue weighted by atomic mass is 16.3. The molecule has 0 radical (unpaired) electrons. The Kier molecular flexibility index (Phi) is 2.52. The van der Waals surface area contributed by atoms with Gasteiger partial charge in [0.1, 0.15) is 0 Å². The van der Waals surface area contributed by atoms with Crippen LogP contribution in [0.2, 0.25) is 0 Å². The van der Waals surface area contributed by atoms with Crippen LogP contribution in [0.4, 0.5) is 0 Å². The van der Waals surface area contributed by atoms with Gasteiger partial charge in [0.05, 0.1) is 18.3 Å². The zero-order valence-corrected chi connectivity index (χ0v) is 6.94. The second-order valence-corrected chi connectivity index (χ2v) is 3.62. The summed E-state index contributed by atoms with van der Waals surface area (Å²) in [5.41, 5.74) is 0. The maximum atomic E-state index is 9.38. The van der Waals surface area contributed by atoms with Gasteiger partial charge in [-0.3, -0.25) is 0 Å². The molecular weight excluding hydrogens is 144 g/mol. The molecule has 3 unspecified atom stereocenters. The van der Waals surface area contributed by atoms with E-state index >= 15 is 0 Å². The first-order valence-corrected chi connectivity index (χ1v) is 4.08. The third kappa shape index (κ3) is 1.55. The topological polar surface area (TPSA) is 60.7 Å². The molecule has 66 valence electrons. The van der Waals surface area contributed by atoms with Crippen LogP contribution in [-0.2, 0) is 0 Å². The lowest BCUT2D eigenvalue weighted by molar-refractivity contribution is -0.113. The summed E-state index contributed by atoms with van der Waals surface area (Å²) in [6.45, 7) is 3.59. The molecule has 0 aromatic carbocycles. The second-order valence-electron chi connectivity index (χ2n) is 3.62. The van der Waals surface area contributed by atoms with Crippen molar-refractivity contribution in [2.75, 3.05) is 0 Å². The van der Waals surface area contributed by atoms with Crippen molar-refractivity contribution in [3.05, 3.63) is 0 Å². The highest BCUT2D eigenvalue weighted by molar-refractivity contribution is 4.88. The number of aliphatic hydroxyl groups excluding tert-OH is 3. The maximum Gasteiger partial charge on any atom is 0.0851 e. The lowest BCUT2D eigenvalue weighted by Crippen LogP contribution is -2.47. The zero-order chi connectivity index (χ0) is 8.59. The number of rotatable bonds is 0. The lowest BCUT2D eigenvalue weighted by Gasteiger charge is -2.37. The van der Waals surface area contributed by atoms with Crippen molar-refractivity contribution >= 4 is 0 Å². The third-order valence-electron chi connectivity index (χ3n) is 2.69. The van der Waals surface area contributed by atoms with Gasteiger partial charge in [-0.15, -0.1) is 0 Å². The Hall–Kier alpha value is -0.120. The third-order valence-corrected chi connectivity index (χ3v) is 2.69. The molecule has 0 heterocycles. The Morgan fingerprint density at radius 3 is 2.09 bits per heavy atom. The molecule has 0 bridgehead atoms. The van der Waals surface area contributed by atoms with Crippen LogP contribution in [0, 0.1) is 11.8 Å². The van der Waals surface area contributed by atoms with E-state index in [0.717, 1.165) is 0 Å². The second kappa shape index (κ2) is 3.09. The van der Waals surface area contributed by atoms with E-state index in [1.807, 2.05) is 6.92 Å². The first-order chi connectivity index (χ1) is 5.04. The molecule has 0 amide bonds. The highest BCUT2D eigenvalue weighted by Crippen LogP contribution is 2.29. The Labute approximate surface area is 66.7 Å². The van der Waals surface area contributed by atoms with E-state index in [4.69, 9.17) is 0 Å². The maximum absolute atomic E-state index is 9.38. The molecule has 0 spiro atoms. The van der Waals surface area contributed by atoms with Crippen molar-refractivity contribution in [3.63, 3.8) is 0 Å². The van der Waals surface area contributed by atoms with Gasteiger partial charge in [-0.05, 0) is 12.3 Å². The van der Waals surface area contributed by atoms with Crippen LogP contribution >= 0.6 is 0 Å². The molecule has 0 aliphatic heterocycles. The van der Waals surface area contributed by atoms with Crippen molar-refractivity contribution < 1.29 is 15.3 Å². The molecule has 3 nitrogen and oxygen atoms in total. The Morgan fingerprint density at radius 2 is 1.55 bits per heavy atom. The Morgan fingerprint density at radius 1 is 1.00 bits per heavy atom. The van der Waals surface area contributed by atoms with Gasteiger partial charge in [-0.25, -0.2) is 0 Å². The van der Waals surface area contributed by atoms with E-state index in [1.54, 1.807) is 6.92 Å². The summed E-state index contributed by atoms with van der Waals surface area (Å²) in [6.07, 6.45) is -1.33. The molecule has 1 rings (SSSR count). The number of aliphatic hydroxyl groups is 3. The van der Waals surface area contributed by atoms with Gasteiger partial charge in [-0.1, -0.05) is 13.8 Å². The fraction of sp³-hybridized carbons (Fsp3) is 1.00. The molecule has 0 aromatic heterocycles. The number of hydrogen-bond donors (Lipinski definition) is 3. The minimum absolute atomic E-state index is 0.00352. The zero-order valence-electron chi connectivity index (χ0n) is 6.94. The molecule has 1 aliphatic carbocycles. The molecule has 1 fully saturated rings. The van der Waals surface area contributed by atoms with Crippen molar-refractivity contribution in [3.8, 4) is 0 Å². The fourth-order valence-corrected chi connectivity index (χ4v) is 1.61. The van der Waals surface area contributed by atoms with Gasteiger partial charge in [-0.2, -0.15) is 0 Å². The van der Waals surface area contributed by atoms with E-state index < -0.39 is 18.3 Å². The molecule has 3 N–H and O–H groups in total. The molecular formula is C8H16O3. The average molecular weight is 160 g/mol. The van der Waals surface area contributed by atoms with Crippen LogP contribution in [-0.4, -0.2) is 33.6 Å². The van der Waals surface area contributed by atoms with E-state index in [0.29, 0.717) is 6.42 Å². The van der Waals surface area contributed by atoms with Crippen molar-refractivity contribution in [2.24, 2.45) is 11.8 Å². The molecule has 3 heteroatoms. The van der Waals surface area contributed by atoms with Gasteiger partial charge < -0.3 is 15.3 Å². The normalized spacial score (nSPS) is 52.6. The van der Waals surface area contributed by atoms with Crippen LogP contribution in [0.15, 0.2) is 0 Å². The van der Waals surface area contributed by atoms with Gasteiger partial charge in [0, 0.05) is 5.92 Å². The summed E-state index contributed by atoms with van der Waals surface area (Å²) < 4.78 is 0. The van der Waals surface area contributed by atoms with Crippen molar-refractivity contribution in [2.45, 2.75) is 38.6 Å². The van der Waals surface area contributed by atoms with Crippen LogP contribution in [0.25, 0.3) is 0 Å². The first-order valence-electron chi connectivity index (χ1n) is 4.08. The summed E-state index contributed by atoms with van der Waals surface area (Å²) >= 11 is 0. The van der Waals surface area contributed by atoms with Crippen LogP contribution in [0.5, 0.6) is 0 Å². The summed E-state index contributed by atoms with van der Waals surface area (Å²) in [5, 5.41) is 28.1. The molecule has 0 saturated heterocycles. The largest absolute Gasteiger partial charge is 0.393 e. The molecule has 1 saturated carbocycles. The lowest BCUT2D eigenvalue weighted by atomic mass is 9.77. The highest BCUT2D eigenvalue weighted by Gasteiger charge is 2.37. The quantitative estimate of drug-likeness (QED) is 0.458. The monoisotopic (exact) mass is 160 g/mol. The SMILES string of the molecule is C[C@H]1C(O)C[C@@H](C)C(O)C1O.